The Labute approximate surface area is 117 Å². The van der Waals surface area contributed by atoms with Crippen LogP contribution in [0.15, 0.2) is 18.2 Å². The average molecular weight is 308 g/mol. The van der Waals surface area contributed by atoms with Crippen molar-refractivity contribution < 1.29 is 8.42 Å². The molecule has 1 unspecified atom stereocenters. The van der Waals surface area contributed by atoms with Gasteiger partial charge in [-0.25, -0.2) is 8.42 Å². The van der Waals surface area contributed by atoms with Crippen molar-refractivity contribution in [2.45, 2.75) is 25.4 Å². The molecule has 0 bridgehead atoms. The Hall–Kier alpha value is -0.290. The minimum Gasteiger partial charge on any atom is -0.306 e. The van der Waals surface area contributed by atoms with Crippen molar-refractivity contribution in [3.8, 4) is 0 Å². The highest BCUT2D eigenvalue weighted by molar-refractivity contribution is 7.91. The molecule has 1 aliphatic heterocycles. The molecule has 0 radical (unpaired) electrons. The summed E-state index contributed by atoms with van der Waals surface area (Å²) in [6, 6.07) is 5.33. The molecule has 1 aromatic rings. The fourth-order valence-electron chi connectivity index (χ4n) is 2.18. The summed E-state index contributed by atoms with van der Waals surface area (Å²) in [5.41, 5.74) is 0.603. The Balaban J connectivity index is 2.04. The fraction of sp³-hybridized carbons (Fsp3) is 0.500. The van der Waals surface area contributed by atoms with Gasteiger partial charge in [-0.1, -0.05) is 23.2 Å². The van der Waals surface area contributed by atoms with Gasteiger partial charge in [0.25, 0.3) is 0 Å². The van der Waals surface area contributed by atoms with E-state index in [9.17, 15) is 8.42 Å². The van der Waals surface area contributed by atoms with Gasteiger partial charge < -0.3 is 5.32 Å². The first kappa shape index (κ1) is 14.1. The summed E-state index contributed by atoms with van der Waals surface area (Å²) < 4.78 is 23.0. The van der Waals surface area contributed by atoms with E-state index in [2.05, 4.69) is 5.32 Å². The summed E-state index contributed by atoms with van der Waals surface area (Å²) >= 11 is 11.8. The highest BCUT2D eigenvalue weighted by Crippen LogP contribution is 2.24. The third kappa shape index (κ3) is 3.60. The lowest BCUT2D eigenvalue weighted by atomic mass is 10.0. The molecule has 18 heavy (non-hydrogen) atoms. The van der Waals surface area contributed by atoms with E-state index in [1.807, 2.05) is 19.1 Å². The van der Waals surface area contributed by atoms with Crippen LogP contribution in [0.4, 0.5) is 0 Å². The van der Waals surface area contributed by atoms with E-state index in [-0.39, 0.29) is 17.0 Å². The fourth-order valence-corrected chi connectivity index (χ4v) is 4.87. The lowest BCUT2D eigenvalue weighted by molar-refractivity contribution is 0.395. The Kier molecular flexibility index (Phi) is 3.93. The Bertz CT molecular complexity index is 539. The highest BCUT2D eigenvalue weighted by atomic mass is 35.5. The molecule has 1 atom stereocenters. The van der Waals surface area contributed by atoms with Gasteiger partial charge in [0.15, 0.2) is 9.84 Å². The van der Waals surface area contributed by atoms with Crippen LogP contribution in [-0.2, 0) is 16.4 Å². The van der Waals surface area contributed by atoms with E-state index in [1.165, 1.54) is 0 Å². The summed E-state index contributed by atoms with van der Waals surface area (Å²) in [6.07, 6.45) is 0.642. The number of sulfone groups is 1. The van der Waals surface area contributed by atoms with Crippen molar-refractivity contribution in [3.63, 3.8) is 0 Å². The molecule has 0 aliphatic carbocycles. The second-order valence-electron chi connectivity index (χ2n) is 5.03. The van der Waals surface area contributed by atoms with E-state index in [0.717, 1.165) is 5.56 Å². The zero-order valence-electron chi connectivity index (χ0n) is 10.0. The molecule has 6 heteroatoms. The molecule has 0 saturated carbocycles. The SMILES string of the molecule is CC1(NCc2cc(Cl)cc(Cl)c2)CCS(=O)(=O)C1. The number of rotatable bonds is 3. The number of nitrogens with one attached hydrogen (secondary N) is 1. The molecule has 100 valence electrons. The van der Waals surface area contributed by atoms with Crippen LogP contribution in [0, 0.1) is 0 Å². The van der Waals surface area contributed by atoms with E-state index in [4.69, 9.17) is 23.2 Å². The molecule has 1 N–H and O–H groups in total. The molecule has 0 spiro atoms. The molecule has 0 aromatic heterocycles. The molecule has 0 amide bonds. The summed E-state index contributed by atoms with van der Waals surface area (Å²) in [5.74, 6) is 0.446. The summed E-state index contributed by atoms with van der Waals surface area (Å²) in [7, 11) is -2.89. The van der Waals surface area contributed by atoms with Crippen LogP contribution in [0.2, 0.25) is 10.0 Å². The van der Waals surface area contributed by atoms with Crippen molar-refractivity contribution in [1.29, 1.82) is 0 Å². The predicted molar refractivity (Wildman–Crippen MR) is 75.0 cm³/mol. The molecule has 1 fully saturated rings. The van der Waals surface area contributed by atoms with Crippen LogP contribution < -0.4 is 5.32 Å². The van der Waals surface area contributed by atoms with Crippen molar-refractivity contribution in [2.24, 2.45) is 0 Å². The van der Waals surface area contributed by atoms with Crippen molar-refractivity contribution in [1.82, 2.24) is 5.32 Å². The van der Waals surface area contributed by atoms with Gasteiger partial charge in [-0.3, -0.25) is 0 Å². The third-order valence-corrected chi connectivity index (χ3v) is 5.48. The first-order chi connectivity index (χ1) is 8.28. The lowest BCUT2D eigenvalue weighted by Gasteiger charge is -2.24. The normalized spacial score (nSPS) is 26.4. The zero-order valence-corrected chi connectivity index (χ0v) is 12.4. The monoisotopic (exact) mass is 307 g/mol. The number of halogens is 2. The quantitative estimate of drug-likeness (QED) is 0.934. The molecule has 1 aliphatic rings. The van der Waals surface area contributed by atoms with Gasteiger partial charge in [-0.15, -0.1) is 0 Å². The molecule has 3 nitrogen and oxygen atoms in total. The Morgan fingerprint density at radius 3 is 2.39 bits per heavy atom. The van der Waals surface area contributed by atoms with Gasteiger partial charge in [0.2, 0.25) is 0 Å². The molecular formula is C12H15Cl2NO2S. The molecular weight excluding hydrogens is 293 g/mol. The van der Waals surface area contributed by atoms with Gasteiger partial charge in [0.05, 0.1) is 11.5 Å². The van der Waals surface area contributed by atoms with Gasteiger partial charge >= 0.3 is 0 Å². The predicted octanol–water partition coefficient (Wildman–Crippen LogP) is 2.66. The zero-order chi connectivity index (χ0) is 13.4. The summed E-state index contributed by atoms with van der Waals surface area (Å²) in [6.45, 7) is 2.50. The minimum atomic E-state index is -2.89. The summed E-state index contributed by atoms with van der Waals surface area (Å²) in [4.78, 5) is 0. The Morgan fingerprint density at radius 1 is 1.28 bits per heavy atom. The van der Waals surface area contributed by atoms with Crippen LogP contribution in [0.1, 0.15) is 18.9 Å². The van der Waals surface area contributed by atoms with Crippen molar-refractivity contribution >= 4 is 33.0 Å². The molecule has 1 heterocycles. The van der Waals surface area contributed by atoms with Crippen molar-refractivity contribution in [2.75, 3.05) is 11.5 Å². The molecule has 1 aromatic carbocycles. The van der Waals surface area contributed by atoms with E-state index >= 15 is 0 Å². The maximum atomic E-state index is 11.5. The largest absolute Gasteiger partial charge is 0.306 e. The van der Waals surface area contributed by atoms with E-state index in [0.29, 0.717) is 23.0 Å². The maximum Gasteiger partial charge on any atom is 0.152 e. The second-order valence-corrected chi connectivity index (χ2v) is 8.09. The second kappa shape index (κ2) is 5.00. The van der Waals surface area contributed by atoms with Gasteiger partial charge in [0.1, 0.15) is 0 Å². The van der Waals surface area contributed by atoms with Crippen LogP contribution in [0.25, 0.3) is 0 Å². The Morgan fingerprint density at radius 2 is 1.89 bits per heavy atom. The average Bonchev–Trinajstić information content (AvgIpc) is 2.50. The standard InChI is InChI=1S/C12H15Cl2NO2S/c1-12(2-3-18(16,17)8-12)15-7-9-4-10(13)6-11(14)5-9/h4-6,15H,2-3,7-8H2,1H3. The third-order valence-electron chi connectivity index (χ3n) is 3.14. The first-order valence-electron chi connectivity index (χ1n) is 5.68. The van der Waals surface area contributed by atoms with Gasteiger partial charge in [0, 0.05) is 22.1 Å². The molecule has 1 saturated heterocycles. The number of hydrogen-bond acceptors (Lipinski definition) is 3. The maximum absolute atomic E-state index is 11.5. The van der Waals surface area contributed by atoms with Crippen LogP contribution in [-0.4, -0.2) is 25.5 Å². The number of hydrogen-bond donors (Lipinski definition) is 1. The number of benzene rings is 1. The van der Waals surface area contributed by atoms with Gasteiger partial charge in [-0.05, 0) is 37.1 Å². The van der Waals surface area contributed by atoms with Crippen LogP contribution in [0.3, 0.4) is 0 Å². The first-order valence-corrected chi connectivity index (χ1v) is 8.26. The minimum absolute atomic E-state index is 0.189. The smallest absolute Gasteiger partial charge is 0.152 e. The van der Waals surface area contributed by atoms with Crippen LogP contribution >= 0.6 is 23.2 Å². The van der Waals surface area contributed by atoms with Gasteiger partial charge in [-0.2, -0.15) is 0 Å². The van der Waals surface area contributed by atoms with E-state index < -0.39 is 9.84 Å². The summed E-state index contributed by atoms with van der Waals surface area (Å²) in [5, 5.41) is 4.46. The lowest BCUT2D eigenvalue weighted by Crippen LogP contribution is -2.42. The highest BCUT2D eigenvalue weighted by Gasteiger charge is 2.37. The van der Waals surface area contributed by atoms with Crippen LogP contribution in [0.5, 0.6) is 0 Å². The van der Waals surface area contributed by atoms with Crippen molar-refractivity contribution in [3.05, 3.63) is 33.8 Å². The van der Waals surface area contributed by atoms with E-state index in [1.54, 1.807) is 6.07 Å². The topological polar surface area (TPSA) is 46.2 Å². The molecule has 2 rings (SSSR count).